The largest absolute Gasteiger partial charge is 0.493 e. The number of carbonyl (C=O) groups excluding carboxylic acids is 1. The number of hydrogen-bond acceptors (Lipinski definition) is 5. The van der Waals surface area contributed by atoms with Crippen LogP contribution in [0.3, 0.4) is 0 Å². The first-order chi connectivity index (χ1) is 15.6. The zero-order valence-corrected chi connectivity index (χ0v) is 19.3. The maximum Gasteiger partial charge on any atom is 0.410 e. The number of hydrogen-bond donors (Lipinski definition) is 1. The van der Waals surface area contributed by atoms with Gasteiger partial charge >= 0.3 is 6.18 Å². The standard InChI is InChI=1S/C22H26ClF3N4O3/c1-12-6-8-29(9-7-12)21(31)19-18(23)20-27-14(11-17(22(24,25)26)30(20)28-19)13-4-5-15(32-2)16(10-13)33-3/h4-5,10,12,14,17,27H,6-9,11H2,1-3H3/t14-,17+/m1/s1. The third-order valence-electron chi connectivity index (χ3n) is 6.38. The molecule has 0 spiro atoms. The molecule has 0 radical (unpaired) electrons. The summed E-state index contributed by atoms with van der Waals surface area (Å²) in [5, 5.41) is 7.01. The number of ether oxygens (including phenoxy) is 2. The highest BCUT2D eigenvalue weighted by Crippen LogP contribution is 2.47. The summed E-state index contributed by atoms with van der Waals surface area (Å²) in [5.74, 6) is 0.910. The zero-order valence-electron chi connectivity index (χ0n) is 18.6. The number of piperidine rings is 1. The van der Waals surface area contributed by atoms with E-state index < -0.39 is 24.2 Å². The summed E-state index contributed by atoms with van der Waals surface area (Å²) in [5.41, 5.74) is 0.416. The number of likely N-dealkylation sites (tertiary alicyclic amines) is 1. The van der Waals surface area contributed by atoms with Gasteiger partial charge in [0, 0.05) is 19.5 Å². The molecule has 2 atom stereocenters. The van der Waals surface area contributed by atoms with Crippen molar-refractivity contribution in [3.8, 4) is 11.5 Å². The van der Waals surface area contributed by atoms with Crippen LogP contribution in [0.4, 0.5) is 19.0 Å². The van der Waals surface area contributed by atoms with Crippen LogP contribution in [0.2, 0.25) is 5.02 Å². The molecule has 180 valence electrons. The minimum atomic E-state index is -4.58. The van der Waals surface area contributed by atoms with Gasteiger partial charge in [-0.25, -0.2) is 4.68 Å². The number of amides is 1. The second kappa shape index (κ2) is 8.96. The Morgan fingerprint density at radius 3 is 2.45 bits per heavy atom. The third kappa shape index (κ3) is 4.45. The van der Waals surface area contributed by atoms with E-state index in [-0.39, 0.29) is 23.0 Å². The smallest absolute Gasteiger partial charge is 0.410 e. The average Bonchev–Trinajstić information content (AvgIpc) is 3.13. The van der Waals surface area contributed by atoms with Crippen molar-refractivity contribution >= 4 is 23.3 Å². The molecule has 2 aliphatic rings. The molecule has 2 aromatic rings. The summed E-state index contributed by atoms with van der Waals surface area (Å²) in [4.78, 5) is 14.6. The van der Waals surface area contributed by atoms with Crippen LogP contribution < -0.4 is 14.8 Å². The highest BCUT2D eigenvalue weighted by molar-refractivity contribution is 6.36. The average molecular weight is 487 g/mol. The molecule has 0 saturated carbocycles. The van der Waals surface area contributed by atoms with Crippen LogP contribution in [0.25, 0.3) is 0 Å². The third-order valence-corrected chi connectivity index (χ3v) is 6.74. The Balaban J connectivity index is 1.70. The molecule has 0 bridgehead atoms. The van der Waals surface area contributed by atoms with Gasteiger partial charge in [0.1, 0.15) is 10.8 Å². The predicted octanol–water partition coefficient (Wildman–Crippen LogP) is 5.09. The molecule has 1 aromatic carbocycles. The number of anilines is 1. The van der Waals surface area contributed by atoms with Crippen LogP contribution in [0.5, 0.6) is 11.5 Å². The molecule has 1 N–H and O–H groups in total. The van der Waals surface area contributed by atoms with Crippen LogP contribution in [0.1, 0.15) is 54.3 Å². The highest BCUT2D eigenvalue weighted by atomic mass is 35.5. The van der Waals surface area contributed by atoms with E-state index in [0.717, 1.165) is 17.5 Å². The molecule has 1 fully saturated rings. The fraction of sp³-hybridized carbons (Fsp3) is 0.545. The van der Waals surface area contributed by atoms with Crippen molar-refractivity contribution in [1.29, 1.82) is 0 Å². The van der Waals surface area contributed by atoms with Gasteiger partial charge in [0.2, 0.25) is 0 Å². The molecule has 11 heteroatoms. The van der Waals surface area contributed by atoms with E-state index in [9.17, 15) is 18.0 Å². The van der Waals surface area contributed by atoms with Crippen molar-refractivity contribution in [2.45, 2.75) is 44.4 Å². The summed E-state index contributed by atoms with van der Waals surface area (Å²) < 4.78 is 53.4. The Bertz CT molecular complexity index is 1030. The molecule has 1 amide bonds. The van der Waals surface area contributed by atoms with E-state index in [1.165, 1.54) is 14.2 Å². The Morgan fingerprint density at radius 2 is 1.85 bits per heavy atom. The Morgan fingerprint density at radius 1 is 1.18 bits per heavy atom. The number of fused-ring (bicyclic) bond motifs is 1. The van der Waals surface area contributed by atoms with Gasteiger partial charge in [-0.1, -0.05) is 24.6 Å². The van der Waals surface area contributed by atoms with Crippen molar-refractivity contribution in [2.75, 3.05) is 32.6 Å². The van der Waals surface area contributed by atoms with Gasteiger partial charge in [-0.3, -0.25) is 4.79 Å². The fourth-order valence-electron chi connectivity index (χ4n) is 4.38. The topological polar surface area (TPSA) is 68.6 Å². The summed E-state index contributed by atoms with van der Waals surface area (Å²) in [7, 11) is 2.94. The maximum atomic E-state index is 14.0. The number of nitrogens with zero attached hydrogens (tertiary/aromatic N) is 3. The molecule has 1 aromatic heterocycles. The molecule has 33 heavy (non-hydrogen) atoms. The number of nitrogens with one attached hydrogen (secondary N) is 1. The van der Waals surface area contributed by atoms with Crippen LogP contribution >= 0.6 is 11.6 Å². The quantitative estimate of drug-likeness (QED) is 0.652. The number of aromatic nitrogens is 2. The lowest BCUT2D eigenvalue weighted by molar-refractivity contribution is -0.173. The van der Waals surface area contributed by atoms with E-state index in [1.54, 1.807) is 23.1 Å². The molecule has 7 nitrogen and oxygen atoms in total. The summed E-state index contributed by atoms with van der Waals surface area (Å²) in [6, 6.07) is 2.28. The van der Waals surface area contributed by atoms with Gasteiger partial charge < -0.3 is 19.7 Å². The van der Waals surface area contributed by atoms with E-state index in [0.29, 0.717) is 36.1 Å². The molecule has 0 unspecified atom stereocenters. The van der Waals surface area contributed by atoms with Gasteiger partial charge in [0.05, 0.1) is 20.3 Å². The van der Waals surface area contributed by atoms with E-state index in [2.05, 4.69) is 17.3 Å². The molecule has 1 saturated heterocycles. The molecular formula is C22H26ClF3N4O3. The summed E-state index contributed by atoms with van der Waals surface area (Å²) >= 11 is 6.45. The minimum Gasteiger partial charge on any atom is -0.493 e. The SMILES string of the molecule is COc1ccc([C@H]2C[C@@H](C(F)(F)F)n3nc(C(=O)N4CCC(C)CC4)c(Cl)c3N2)cc1OC. The lowest BCUT2D eigenvalue weighted by Crippen LogP contribution is -2.38. The predicted molar refractivity (Wildman–Crippen MR) is 117 cm³/mol. The van der Waals surface area contributed by atoms with Crippen LogP contribution in [-0.4, -0.2) is 54.1 Å². The summed E-state index contributed by atoms with van der Waals surface area (Å²) in [6.45, 7) is 3.17. The van der Waals surface area contributed by atoms with Gasteiger partial charge in [0.15, 0.2) is 23.2 Å². The first-order valence-corrected chi connectivity index (χ1v) is 11.1. The Kier molecular flexibility index (Phi) is 6.39. The lowest BCUT2D eigenvalue weighted by atomic mass is 9.96. The highest BCUT2D eigenvalue weighted by Gasteiger charge is 2.48. The number of methoxy groups -OCH3 is 2. The summed E-state index contributed by atoms with van der Waals surface area (Å²) in [6.07, 6.45) is -3.23. The van der Waals surface area contributed by atoms with E-state index >= 15 is 0 Å². The normalized spacial score (nSPS) is 21.4. The second-order valence-corrected chi connectivity index (χ2v) is 8.91. The van der Waals surface area contributed by atoms with Gasteiger partial charge in [-0.2, -0.15) is 18.3 Å². The monoisotopic (exact) mass is 486 g/mol. The minimum absolute atomic E-state index is 0.0150. The number of halogens is 4. The fourth-order valence-corrected chi connectivity index (χ4v) is 4.64. The molecular weight excluding hydrogens is 461 g/mol. The first kappa shape index (κ1) is 23.5. The maximum absolute atomic E-state index is 14.0. The van der Waals surface area contributed by atoms with Gasteiger partial charge in [-0.15, -0.1) is 0 Å². The second-order valence-electron chi connectivity index (χ2n) is 8.53. The van der Waals surface area contributed by atoms with Crippen LogP contribution in [0.15, 0.2) is 18.2 Å². The van der Waals surface area contributed by atoms with Gasteiger partial charge in [-0.05, 0) is 36.5 Å². The lowest BCUT2D eigenvalue weighted by Gasteiger charge is -2.33. The van der Waals surface area contributed by atoms with E-state index in [1.807, 2.05) is 0 Å². The van der Waals surface area contributed by atoms with Crippen LogP contribution in [0, 0.1) is 5.92 Å². The molecule has 0 aliphatic carbocycles. The van der Waals surface area contributed by atoms with Crippen LogP contribution in [-0.2, 0) is 0 Å². The van der Waals surface area contributed by atoms with Crippen molar-refractivity contribution in [1.82, 2.24) is 14.7 Å². The Hall–Kier alpha value is -2.62. The van der Waals surface area contributed by atoms with Crippen molar-refractivity contribution < 1.29 is 27.4 Å². The first-order valence-electron chi connectivity index (χ1n) is 10.8. The number of carbonyl (C=O) groups is 1. The Labute approximate surface area is 194 Å². The zero-order chi connectivity index (χ0) is 23.9. The number of rotatable bonds is 4. The number of benzene rings is 1. The van der Waals surface area contributed by atoms with Crippen molar-refractivity contribution in [3.05, 3.63) is 34.5 Å². The molecule has 3 heterocycles. The van der Waals surface area contributed by atoms with E-state index in [4.69, 9.17) is 21.1 Å². The van der Waals surface area contributed by atoms with Gasteiger partial charge in [0.25, 0.3) is 5.91 Å². The molecule has 4 rings (SSSR count). The number of alkyl halides is 3. The van der Waals surface area contributed by atoms with Crippen molar-refractivity contribution in [3.63, 3.8) is 0 Å². The van der Waals surface area contributed by atoms with Crippen molar-refractivity contribution in [2.24, 2.45) is 5.92 Å². The molecule has 2 aliphatic heterocycles.